The van der Waals surface area contributed by atoms with Gasteiger partial charge in [0.05, 0.1) is 11.0 Å². The number of carbonyl (C=O) groups excluding carboxylic acids is 1. The van der Waals surface area contributed by atoms with E-state index in [0.29, 0.717) is 6.54 Å². The van der Waals surface area contributed by atoms with Crippen molar-refractivity contribution in [1.29, 1.82) is 0 Å². The lowest BCUT2D eigenvalue weighted by molar-refractivity contribution is 0.184. The molecule has 0 spiro atoms. The van der Waals surface area contributed by atoms with Crippen LogP contribution in [0.2, 0.25) is 0 Å². The Hall–Kier alpha value is -1.88. The Morgan fingerprint density at radius 1 is 1.43 bits per heavy atom. The van der Waals surface area contributed by atoms with Crippen LogP contribution in [0.3, 0.4) is 0 Å². The maximum Gasteiger partial charge on any atom is 0.317 e. The average Bonchev–Trinajstić information content (AvgIpc) is 2.99. The van der Waals surface area contributed by atoms with E-state index in [1.807, 2.05) is 24.3 Å². The molecule has 4 nitrogen and oxygen atoms in total. The van der Waals surface area contributed by atoms with Crippen molar-refractivity contribution in [2.24, 2.45) is 0 Å². The van der Waals surface area contributed by atoms with E-state index < -0.39 is 0 Å². The van der Waals surface area contributed by atoms with Crippen LogP contribution in [0.5, 0.6) is 0 Å². The predicted octanol–water partition coefficient (Wildman–Crippen LogP) is 3.71. The first-order valence-electron chi connectivity index (χ1n) is 8.14. The summed E-state index contributed by atoms with van der Waals surface area (Å²) in [4.78, 5) is 18.7. The van der Waals surface area contributed by atoms with Crippen LogP contribution in [0.4, 0.5) is 4.79 Å². The van der Waals surface area contributed by atoms with Crippen LogP contribution in [0.1, 0.15) is 40.7 Å². The molecule has 2 aromatic rings. The van der Waals surface area contributed by atoms with Crippen molar-refractivity contribution in [3.8, 4) is 0 Å². The van der Waals surface area contributed by atoms with Gasteiger partial charge in [0.25, 0.3) is 0 Å². The smallest absolute Gasteiger partial charge is 0.317 e. The van der Waals surface area contributed by atoms with Crippen molar-refractivity contribution >= 4 is 17.4 Å². The minimum absolute atomic E-state index is 0.0000175. The molecule has 0 saturated carbocycles. The van der Waals surface area contributed by atoms with Gasteiger partial charge in [0.2, 0.25) is 0 Å². The van der Waals surface area contributed by atoms with Crippen LogP contribution in [0, 0.1) is 6.92 Å². The first kappa shape index (κ1) is 16.0. The summed E-state index contributed by atoms with van der Waals surface area (Å²) in [5, 5.41) is 6.14. The van der Waals surface area contributed by atoms with Crippen molar-refractivity contribution < 1.29 is 4.79 Å². The van der Waals surface area contributed by atoms with Crippen molar-refractivity contribution in [2.75, 3.05) is 13.6 Å². The number of aryl methyl sites for hydroxylation is 2. The number of rotatable bonds is 4. The first-order chi connectivity index (χ1) is 11.1. The Morgan fingerprint density at radius 2 is 2.26 bits per heavy atom. The Labute approximate surface area is 141 Å². The van der Waals surface area contributed by atoms with Crippen LogP contribution in [-0.2, 0) is 12.8 Å². The largest absolute Gasteiger partial charge is 0.338 e. The van der Waals surface area contributed by atoms with Crippen LogP contribution in [0.25, 0.3) is 0 Å². The highest BCUT2D eigenvalue weighted by atomic mass is 32.1. The molecule has 0 aliphatic heterocycles. The third-order valence-corrected chi connectivity index (χ3v) is 5.43. The van der Waals surface area contributed by atoms with Crippen molar-refractivity contribution in [3.63, 3.8) is 0 Å². The van der Waals surface area contributed by atoms with Crippen LogP contribution in [0.15, 0.2) is 29.6 Å². The summed E-state index contributed by atoms with van der Waals surface area (Å²) in [5.41, 5.74) is 3.72. The molecule has 2 amide bonds. The van der Waals surface area contributed by atoms with Gasteiger partial charge in [-0.15, -0.1) is 11.3 Å². The molecule has 0 fully saturated rings. The predicted molar refractivity (Wildman–Crippen MR) is 93.8 cm³/mol. The molecule has 1 aliphatic carbocycles. The number of nitrogens with one attached hydrogen (secondary N) is 1. The monoisotopic (exact) mass is 329 g/mol. The normalized spacial score (nSPS) is 16.7. The topological polar surface area (TPSA) is 45.2 Å². The number of aromatic nitrogens is 1. The summed E-state index contributed by atoms with van der Waals surface area (Å²) in [6.07, 6.45) is 4.08. The number of urea groups is 1. The van der Waals surface area contributed by atoms with Gasteiger partial charge < -0.3 is 10.2 Å². The summed E-state index contributed by atoms with van der Waals surface area (Å²) < 4.78 is 0. The Bertz CT molecular complexity index is 682. The fourth-order valence-electron chi connectivity index (χ4n) is 3.19. The number of thiazole rings is 1. The van der Waals surface area contributed by atoms with Gasteiger partial charge in [0.15, 0.2) is 0 Å². The molecular weight excluding hydrogens is 306 g/mol. The maximum absolute atomic E-state index is 12.4. The highest BCUT2D eigenvalue weighted by molar-refractivity contribution is 7.09. The number of carbonyl (C=O) groups is 1. The molecule has 1 aliphatic rings. The van der Waals surface area contributed by atoms with Crippen LogP contribution < -0.4 is 5.32 Å². The molecule has 23 heavy (non-hydrogen) atoms. The molecule has 0 unspecified atom stereocenters. The van der Waals surface area contributed by atoms with Crippen LogP contribution >= 0.6 is 11.3 Å². The maximum atomic E-state index is 12.4. The lowest BCUT2D eigenvalue weighted by atomic mass is 9.87. The summed E-state index contributed by atoms with van der Waals surface area (Å²) in [7, 11) is 1.90. The van der Waals surface area contributed by atoms with E-state index >= 15 is 0 Å². The van der Waals surface area contributed by atoms with Crippen molar-refractivity contribution in [1.82, 2.24) is 15.2 Å². The first-order valence-corrected chi connectivity index (χ1v) is 9.02. The van der Waals surface area contributed by atoms with Crippen LogP contribution in [-0.4, -0.2) is 29.5 Å². The molecule has 1 aromatic heterocycles. The van der Waals surface area contributed by atoms with E-state index in [1.165, 1.54) is 11.1 Å². The third kappa shape index (κ3) is 3.72. The van der Waals surface area contributed by atoms with E-state index in [9.17, 15) is 4.79 Å². The summed E-state index contributed by atoms with van der Waals surface area (Å²) in [6.45, 7) is 2.62. The molecule has 0 saturated heterocycles. The van der Waals surface area contributed by atoms with E-state index in [4.69, 9.17) is 0 Å². The molecule has 0 radical (unpaired) electrons. The van der Waals surface area contributed by atoms with Gasteiger partial charge in [-0.1, -0.05) is 24.3 Å². The molecule has 1 aromatic carbocycles. The molecule has 122 valence electrons. The molecule has 1 heterocycles. The summed E-state index contributed by atoms with van der Waals surface area (Å²) in [6, 6.07) is 8.66. The number of nitrogens with zero attached hydrogens (tertiary/aromatic N) is 2. The van der Waals surface area contributed by atoms with Crippen molar-refractivity contribution in [2.45, 2.75) is 38.6 Å². The molecule has 1 atom stereocenters. The van der Waals surface area contributed by atoms with Gasteiger partial charge in [-0.3, -0.25) is 0 Å². The van der Waals surface area contributed by atoms with E-state index in [1.54, 1.807) is 11.3 Å². The number of hydrogen-bond donors (Lipinski definition) is 1. The number of hydrogen-bond acceptors (Lipinski definition) is 3. The van der Waals surface area contributed by atoms with Gasteiger partial charge in [0.1, 0.15) is 0 Å². The van der Waals surface area contributed by atoms with E-state index in [2.05, 4.69) is 34.6 Å². The zero-order valence-electron chi connectivity index (χ0n) is 13.7. The second kappa shape index (κ2) is 7.13. The highest BCUT2D eigenvalue weighted by Gasteiger charge is 2.26. The fourth-order valence-corrected chi connectivity index (χ4v) is 3.97. The minimum Gasteiger partial charge on any atom is -0.338 e. The standard InChI is InChI=1S/C18H23N3OS/c1-13-12-23-17(20-13)10-11-19-18(22)21(2)16-9-5-7-14-6-3-4-8-15(14)16/h3-4,6,8,12,16H,5,7,9-11H2,1-2H3,(H,19,22)/t16-/m1/s1. The number of benzene rings is 1. The van der Waals surface area contributed by atoms with E-state index in [0.717, 1.165) is 36.4 Å². The lowest BCUT2D eigenvalue weighted by Gasteiger charge is -2.33. The zero-order valence-corrected chi connectivity index (χ0v) is 14.5. The molecule has 1 N–H and O–H groups in total. The number of fused-ring (bicyclic) bond motifs is 1. The Morgan fingerprint density at radius 3 is 3.04 bits per heavy atom. The minimum atomic E-state index is -0.0000175. The van der Waals surface area contributed by atoms with Gasteiger partial charge in [-0.25, -0.2) is 9.78 Å². The lowest BCUT2D eigenvalue weighted by Crippen LogP contribution is -2.41. The molecule has 5 heteroatoms. The molecular formula is C18H23N3OS. The molecule has 0 bridgehead atoms. The van der Waals surface area contributed by atoms with Gasteiger partial charge >= 0.3 is 6.03 Å². The fraction of sp³-hybridized carbons (Fsp3) is 0.444. The van der Waals surface area contributed by atoms with Gasteiger partial charge in [0, 0.05) is 31.1 Å². The second-order valence-corrected chi connectivity index (χ2v) is 7.02. The highest BCUT2D eigenvalue weighted by Crippen LogP contribution is 2.33. The van der Waals surface area contributed by atoms with Gasteiger partial charge in [-0.2, -0.15) is 0 Å². The molecule has 3 rings (SSSR count). The zero-order chi connectivity index (χ0) is 16.2. The second-order valence-electron chi connectivity index (χ2n) is 6.08. The summed E-state index contributed by atoms with van der Waals surface area (Å²) >= 11 is 1.65. The number of amides is 2. The summed E-state index contributed by atoms with van der Waals surface area (Å²) in [5.74, 6) is 0. The third-order valence-electron chi connectivity index (χ3n) is 4.41. The van der Waals surface area contributed by atoms with Crippen molar-refractivity contribution in [3.05, 3.63) is 51.5 Å². The SMILES string of the molecule is Cc1csc(CCNC(=O)N(C)[C@@H]2CCCc3ccccc32)n1. The Balaban J connectivity index is 1.57. The Kier molecular flexibility index (Phi) is 4.96. The average molecular weight is 329 g/mol. The quantitative estimate of drug-likeness (QED) is 0.929. The van der Waals surface area contributed by atoms with E-state index in [-0.39, 0.29) is 12.1 Å². The van der Waals surface area contributed by atoms with Gasteiger partial charge in [-0.05, 0) is 37.3 Å².